The van der Waals surface area contributed by atoms with Crippen LogP contribution in [0.2, 0.25) is 0 Å². The van der Waals surface area contributed by atoms with Crippen molar-refractivity contribution in [1.82, 2.24) is 5.01 Å². The molecule has 0 fully saturated rings. The third kappa shape index (κ3) is 4.18. The molecule has 2 heterocycles. The standard InChI is InChI=1S/C21H17BrN4O2S/c1-2-18-25-26-19(23)15(20(27)24-21(26)29-18)10-14-8-9-17(16(22)11-14)28-12-13-6-4-3-5-7-13/h3-11,23H,2,12H2,1H3/b15-10-,23-19?. The van der Waals surface area contributed by atoms with Crippen molar-refractivity contribution in [3.8, 4) is 5.75 Å². The smallest absolute Gasteiger partial charge is 0.283 e. The van der Waals surface area contributed by atoms with E-state index in [1.807, 2.05) is 55.5 Å². The summed E-state index contributed by atoms with van der Waals surface area (Å²) in [6.45, 7) is 2.44. The number of nitrogens with one attached hydrogen (secondary N) is 1. The van der Waals surface area contributed by atoms with Crippen LogP contribution in [0.1, 0.15) is 24.5 Å². The van der Waals surface area contributed by atoms with Crippen molar-refractivity contribution in [2.45, 2.75) is 20.0 Å². The summed E-state index contributed by atoms with van der Waals surface area (Å²) in [7, 11) is 0. The minimum absolute atomic E-state index is 0.0384. The van der Waals surface area contributed by atoms with Crippen molar-refractivity contribution < 1.29 is 9.53 Å². The zero-order valence-electron chi connectivity index (χ0n) is 15.6. The van der Waals surface area contributed by atoms with Crippen LogP contribution in [0.25, 0.3) is 6.08 Å². The number of hydrogen-bond acceptors (Lipinski definition) is 5. The third-order valence-corrected chi connectivity index (χ3v) is 5.98. The molecule has 6 nitrogen and oxygen atoms in total. The topological polar surface area (TPSA) is 78.1 Å². The Morgan fingerprint density at radius 2 is 2.03 bits per heavy atom. The lowest BCUT2D eigenvalue weighted by molar-refractivity contribution is -0.114. The summed E-state index contributed by atoms with van der Waals surface area (Å²) in [5.74, 6) is 0.313. The Labute approximate surface area is 181 Å². The molecule has 0 unspecified atom stereocenters. The second-order valence-electron chi connectivity index (χ2n) is 6.33. The second kappa shape index (κ2) is 8.34. The number of fused-ring (bicyclic) bond motifs is 1. The number of hydrogen-bond donors (Lipinski definition) is 1. The molecule has 1 N–H and O–H groups in total. The lowest BCUT2D eigenvalue weighted by atomic mass is 10.1. The van der Waals surface area contributed by atoms with Crippen molar-refractivity contribution in [3.05, 3.63) is 69.7 Å². The SMILES string of the molecule is CCC1=NN2C(=N)/C(=C/c3ccc(OCc4ccccc4)c(Br)c3)C(=O)N=C2S1. The number of nitrogens with zero attached hydrogens (tertiary/aromatic N) is 3. The first kappa shape index (κ1) is 19.6. The van der Waals surface area contributed by atoms with Gasteiger partial charge in [0.1, 0.15) is 17.4 Å². The van der Waals surface area contributed by atoms with Crippen molar-refractivity contribution in [2.75, 3.05) is 0 Å². The maximum atomic E-state index is 12.4. The molecule has 0 atom stereocenters. The average Bonchev–Trinajstić information content (AvgIpc) is 3.14. The minimum Gasteiger partial charge on any atom is -0.488 e. The molecule has 0 saturated carbocycles. The molecular formula is C21H17BrN4O2S. The molecule has 4 rings (SSSR count). The van der Waals surface area contributed by atoms with Gasteiger partial charge in [0, 0.05) is 0 Å². The number of hydrazone groups is 1. The van der Waals surface area contributed by atoms with Gasteiger partial charge in [-0.3, -0.25) is 10.2 Å². The van der Waals surface area contributed by atoms with Crippen LogP contribution < -0.4 is 4.74 Å². The van der Waals surface area contributed by atoms with Crippen LogP contribution in [0.15, 0.2) is 68.7 Å². The largest absolute Gasteiger partial charge is 0.488 e. The fraction of sp³-hybridized carbons (Fsp3) is 0.143. The van der Waals surface area contributed by atoms with Crippen molar-refractivity contribution in [2.24, 2.45) is 10.1 Å². The van der Waals surface area contributed by atoms with Gasteiger partial charge >= 0.3 is 0 Å². The Morgan fingerprint density at radius 1 is 1.24 bits per heavy atom. The molecule has 0 bridgehead atoms. The van der Waals surface area contributed by atoms with Gasteiger partial charge in [-0.05, 0) is 63.4 Å². The number of benzene rings is 2. The van der Waals surface area contributed by atoms with E-state index in [2.05, 4.69) is 26.0 Å². The normalized spacial score (nSPS) is 17.3. The molecule has 8 heteroatoms. The van der Waals surface area contributed by atoms with Crippen LogP contribution in [0, 0.1) is 5.41 Å². The molecule has 2 aromatic rings. The van der Waals surface area contributed by atoms with Crippen molar-refractivity contribution in [1.29, 1.82) is 5.41 Å². The number of aliphatic imine (C=N–C) groups is 1. The Hall–Kier alpha value is -2.71. The van der Waals surface area contributed by atoms with Gasteiger partial charge in [-0.15, -0.1) is 0 Å². The van der Waals surface area contributed by atoms with Gasteiger partial charge in [-0.25, -0.2) is 0 Å². The lowest BCUT2D eigenvalue weighted by Gasteiger charge is -2.20. The number of carbonyl (C=O) groups is 1. The number of amides is 1. The Balaban J connectivity index is 1.54. The number of rotatable bonds is 5. The van der Waals surface area contributed by atoms with Crippen molar-refractivity contribution in [3.63, 3.8) is 0 Å². The van der Waals surface area contributed by atoms with Crippen LogP contribution in [0.3, 0.4) is 0 Å². The first-order valence-electron chi connectivity index (χ1n) is 9.00. The lowest BCUT2D eigenvalue weighted by Crippen LogP contribution is -2.35. The second-order valence-corrected chi connectivity index (χ2v) is 8.23. The fourth-order valence-corrected chi connectivity index (χ4v) is 4.14. The van der Waals surface area contributed by atoms with Crippen LogP contribution in [0.4, 0.5) is 0 Å². The first-order valence-corrected chi connectivity index (χ1v) is 10.6. The van der Waals surface area contributed by atoms with Gasteiger partial charge in [0.2, 0.25) is 5.17 Å². The highest BCUT2D eigenvalue weighted by atomic mass is 79.9. The van der Waals surface area contributed by atoms with Gasteiger partial charge in [0.15, 0.2) is 5.84 Å². The van der Waals surface area contributed by atoms with Crippen LogP contribution in [-0.2, 0) is 11.4 Å². The predicted octanol–water partition coefficient (Wildman–Crippen LogP) is 5.06. The Bertz CT molecular complexity index is 1080. The van der Waals surface area contributed by atoms with Crippen molar-refractivity contribution >= 4 is 55.7 Å². The first-order chi connectivity index (χ1) is 14.0. The summed E-state index contributed by atoms with van der Waals surface area (Å²) in [5, 5.41) is 15.4. The summed E-state index contributed by atoms with van der Waals surface area (Å²) in [6, 6.07) is 15.5. The van der Waals surface area contributed by atoms with E-state index >= 15 is 0 Å². The van der Waals surface area contributed by atoms with E-state index in [1.165, 1.54) is 16.8 Å². The highest BCUT2D eigenvalue weighted by Crippen LogP contribution is 2.31. The summed E-state index contributed by atoms with van der Waals surface area (Å²) < 4.78 is 6.63. The maximum absolute atomic E-state index is 12.4. The number of carbonyl (C=O) groups excluding carboxylic acids is 1. The van der Waals surface area contributed by atoms with Crippen LogP contribution in [0.5, 0.6) is 5.75 Å². The highest BCUT2D eigenvalue weighted by molar-refractivity contribution is 9.10. The van der Waals surface area contributed by atoms with Crippen LogP contribution in [-0.4, -0.2) is 27.0 Å². The third-order valence-electron chi connectivity index (χ3n) is 4.30. The van der Waals surface area contributed by atoms with E-state index < -0.39 is 5.91 Å². The molecule has 0 aliphatic carbocycles. The maximum Gasteiger partial charge on any atom is 0.283 e. The van der Waals surface area contributed by atoms with Gasteiger partial charge in [0.25, 0.3) is 5.91 Å². The summed E-state index contributed by atoms with van der Waals surface area (Å²) in [4.78, 5) is 16.5. The number of thioether (sulfide) groups is 1. The quantitative estimate of drug-likeness (QED) is 0.622. The molecule has 2 aliphatic heterocycles. The van der Waals surface area contributed by atoms with E-state index in [0.29, 0.717) is 17.5 Å². The number of amidine groups is 2. The predicted molar refractivity (Wildman–Crippen MR) is 120 cm³/mol. The molecular weight excluding hydrogens is 452 g/mol. The molecule has 1 amide bonds. The molecule has 2 aliphatic rings. The van der Waals surface area contributed by atoms with Gasteiger partial charge in [-0.1, -0.05) is 43.3 Å². The highest BCUT2D eigenvalue weighted by Gasteiger charge is 2.35. The molecule has 0 aromatic heterocycles. The van der Waals surface area contributed by atoms with E-state index in [-0.39, 0.29) is 11.4 Å². The monoisotopic (exact) mass is 468 g/mol. The van der Waals surface area contributed by atoms with Crippen LogP contribution >= 0.6 is 27.7 Å². The zero-order valence-corrected chi connectivity index (χ0v) is 18.0. The molecule has 0 radical (unpaired) electrons. The average molecular weight is 469 g/mol. The van der Waals surface area contributed by atoms with Gasteiger partial charge in [0.05, 0.1) is 10.0 Å². The zero-order chi connectivity index (χ0) is 20.4. The van der Waals surface area contributed by atoms with E-state index in [4.69, 9.17) is 10.1 Å². The molecule has 146 valence electrons. The van der Waals surface area contributed by atoms with Gasteiger partial charge < -0.3 is 4.74 Å². The van der Waals surface area contributed by atoms with E-state index in [0.717, 1.165) is 27.1 Å². The Kier molecular flexibility index (Phi) is 5.64. The Morgan fingerprint density at radius 3 is 2.76 bits per heavy atom. The molecule has 0 saturated heterocycles. The molecule has 0 spiro atoms. The van der Waals surface area contributed by atoms with Gasteiger partial charge in [-0.2, -0.15) is 15.1 Å². The summed E-state index contributed by atoms with van der Waals surface area (Å²) in [6.07, 6.45) is 2.39. The summed E-state index contributed by atoms with van der Waals surface area (Å²) in [5.41, 5.74) is 2.05. The van der Waals surface area contributed by atoms with E-state index in [9.17, 15) is 4.79 Å². The fourth-order valence-electron chi connectivity index (χ4n) is 2.80. The molecule has 29 heavy (non-hydrogen) atoms. The number of ether oxygens (including phenoxy) is 1. The molecule has 2 aromatic carbocycles. The summed E-state index contributed by atoms with van der Waals surface area (Å²) >= 11 is 4.85. The minimum atomic E-state index is -0.429. The van der Waals surface area contributed by atoms with E-state index in [1.54, 1.807) is 6.08 Å². The number of halogens is 1.